The van der Waals surface area contributed by atoms with E-state index in [1.54, 1.807) is 7.11 Å². The second-order valence-corrected chi connectivity index (χ2v) is 8.24. The Kier molecular flexibility index (Phi) is 5.18. The smallest absolute Gasteiger partial charge is 0.255 e. The highest BCUT2D eigenvalue weighted by molar-refractivity contribution is 5.97. The van der Waals surface area contributed by atoms with Gasteiger partial charge in [0, 0.05) is 12.6 Å². The van der Waals surface area contributed by atoms with Crippen molar-refractivity contribution >= 4 is 5.91 Å². The van der Waals surface area contributed by atoms with E-state index in [0.717, 1.165) is 24.3 Å². The van der Waals surface area contributed by atoms with E-state index in [-0.39, 0.29) is 12.5 Å². The highest BCUT2D eigenvalue weighted by Crippen LogP contribution is 2.44. The maximum Gasteiger partial charge on any atom is 0.255 e. The number of fused-ring (bicyclic) bond motifs is 2. The summed E-state index contributed by atoms with van der Waals surface area (Å²) in [5.74, 6) is 2.92. The van der Waals surface area contributed by atoms with Crippen LogP contribution in [0.4, 0.5) is 0 Å². The van der Waals surface area contributed by atoms with Crippen molar-refractivity contribution in [3.05, 3.63) is 29.3 Å². The molecule has 0 aromatic heterocycles. The Morgan fingerprint density at radius 3 is 2.77 bits per heavy atom. The number of ether oxygens (including phenoxy) is 2. The van der Waals surface area contributed by atoms with Crippen molar-refractivity contribution in [2.75, 3.05) is 20.3 Å². The lowest BCUT2D eigenvalue weighted by atomic mass is 9.95. The van der Waals surface area contributed by atoms with Crippen LogP contribution < -0.4 is 10.1 Å². The Labute approximate surface area is 155 Å². The zero-order valence-electron chi connectivity index (χ0n) is 15.4. The van der Waals surface area contributed by atoms with Gasteiger partial charge in [0.1, 0.15) is 5.75 Å². The molecule has 3 saturated carbocycles. The Balaban J connectivity index is 1.36. The van der Waals surface area contributed by atoms with Gasteiger partial charge in [-0.2, -0.15) is 0 Å². The number of amides is 1. The number of aliphatic hydroxyl groups excluding tert-OH is 1. The molecular formula is C21H29NO4. The predicted octanol–water partition coefficient (Wildman–Crippen LogP) is 2.76. The average molecular weight is 359 g/mol. The van der Waals surface area contributed by atoms with Crippen LogP contribution in [0.1, 0.15) is 48.0 Å². The molecule has 3 aliphatic rings. The van der Waals surface area contributed by atoms with Gasteiger partial charge in [0.25, 0.3) is 5.91 Å². The minimum atomic E-state index is -0.0382. The molecule has 3 unspecified atom stereocenters. The third-order valence-corrected chi connectivity index (χ3v) is 6.47. The second kappa shape index (κ2) is 7.57. The Morgan fingerprint density at radius 2 is 2.12 bits per heavy atom. The summed E-state index contributed by atoms with van der Waals surface area (Å²) >= 11 is 0. The first-order valence-corrected chi connectivity index (χ1v) is 9.84. The van der Waals surface area contributed by atoms with Crippen LogP contribution >= 0.6 is 0 Å². The van der Waals surface area contributed by atoms with Crippen LogP contribution in [-0.4, -0.2) is 37.4 Å². The number of nitrogens with one attached hydrogen (secondary N) is 1. The number of carbonyl (C=O) groups is 1. The summed E-state index contributed by atoms with van der Waals surface area (Å²) < 4.78 is 11.2. The summed E-state index contributed by atoms with van der Waals surface area (Å²) in [5.41, 5.74) is 1.57. The minimum absolute atomic E-state index is 0.0382. The molecule has 1 aromatic carbocycles. The fourth-order valence-corrected chi connectivity index (χ4v) is 4.76. The van der Waals surface area contributed by atoms with Gasteiger partial charge in [-0.25, -0.2) is 0 Å². The first-order chi connectivity index (χ1) is 12.7. The minimum Gasteiger partial charge on any atom is -0.496 e. The first-order valence-electron chi connectivity index (χ1n) is 9.84. The summed E-state index contributed by atoms with van der Waals surface area (Å²) in [6.07, 6.45) is 6.01. The number of benzene rings is 1. The summed E-state index contributed by atoms with van der Waals surface area (Å²) in [6.45, 7) is 1.40. The van der Waals surface area contributed by atoms with E-state index in [4.69, 9.17) is 14.6 Å². The molecule has 142 valence electrons. The van der Waals surface area contributed by atoms with Gasteiger partial charge in [-0.15, -0.1) is 0 Å². The van der Waals surface area contributed by atoms with Gasteiger partial charge in [-0.3, -0.25) is 4.79 Å². The quantitative estimate of drug-likeness (QED) is 0.749. The third-order valence-electron chi connectivity index (χ3n) is 6.47. The second-order valence-electron chi connectivity index (χ2n) is 8.24. The molecule has 26 heavy (non-hydrogen) atoms. The Hall–Kier alpha value is -1.59. The SMILES string of the molecule is COc1ccc(COC[C@@H]2C[C@@H]2CO)cc1C(=O)NC1CC2CCC1C2. The highest BCUT2D eigenvalue weighted by Gasteiger charge is 2.40. The number of hydrogen-bond acceptors (Lipinski definition) is 4. The molecule has 0 spiro atoms. The molecule has 0 aliphatic heterocycles. The molecule has 5 nitrogen and oxygen atoms in total. The zero-order valence-corrected chi connectivity index (χ0v) is 15.4. The number of hydrogen-bond donors (Lipinski definition) is 2. The molecule has 3 aliphatic carbocycles. The predicted molar refractivity (Wildman–Crippen MR) is 98.0 cm³/mol. The van der Waals surface area contributed by atoms with Crippen molar-refractivity contribution < 1.29 is 19.4 Å². The summed E-state index contributed by atoms with van der Waals surface area (Å²) in [7, 11) is 1.60. The molecule has 0 saturated heterocycles. The normalized spacial score (nSPS) is 31.8. The van der Waals surface area contributed by atoms with Gasteiger partial charge in [-0.1, -0.05) is 12.5 Å². The van der Waals surface area contributed by atoms with Crippen molar-refractivity contribution in [3.8, 4) is 5.75 Å². The standard InChI is InChI=1S/C21H29NO4/c1-25-20-5-3-14(11-26-12-17-9-16(17)10-23)7-18(20)21(24)22-19-8-13-2-4-15(19)6-13/h3,5,7,13,15-17,19,23H,2,4,6,8-12H2,1H3,(H,22,24)/t13?,15?,16-,17+,19?/m1/s1. The lowest BCUT2D eigenvalue weighted by Gasteiger charge is -2.23. The van der Waals surface area contributed by atoms with Crippen molar-refractivity contribution in [1.29, 1.82) is 0 Å². The first kappa shape index (κ1) is 17.8. The number of methoxy groups -OCH3 is 1. The van der Waals surface area contributed by atoms with E-state index in [9.17, 15) is 4.79 Å². The van der Waals surface area contributed by atoms with Gasteiger partial charge in [0.05, 0.1) is 25.9 Å². The zero-order chi connectivity index (χ0) is 18.1. The van der Waals surface area contributed by atoms with Gasteiger partial charge < -0.3 is 19.9 Å². The fraction of sp³-hybridized carbons (Fsp3) is 0.667. The summed E-state index contributed by atoms with van der Waals surface area (Å²) in [5, 5.41) is 12.3. The van der Waals surface area contributed by atoms with Crippen molar-refractivity contribution in [2.45, 2.75) is 44.8 Å². The Morgan fingerprint density at radius 1 is 1.23 bits per heavy atom. The van der Waals surface area contributed by atoms with Crippen LogP contribution in [0.3, 0.4) is 0 Å². The van der Waals surface area contributed by atoms with Crippen molar-refractivity contribution in [1.82, 2.24) is 5.32 Å². The third kappa shape index (κ3) is 3.74. The van der Waals surface area contributed by atoms with Crippen LogP contribution in [-0.2, 0) is 11.3 Å². The molecule has 5 heteroatoms. The largest absolute Gasteiger partial charge is 0.496 e. The number of carbonyl (C=O) groups excluding carboxylic acids is 1. The van der Waals surface area contributed by atoms with Crippen LogP contribution in [0.15, 0.2) is 18.2 Å². The van der Waals surface area contributed by atoms with Gasteiger partial charge in [0.2, 0.25) is 0 Å². The lowest BCUT2D eigenvalue weighted by molar-refractivity contribution is 0.0917. The average Bonchev–Trinajstić information content (AvgIpc) is 3.09. The maximum atomic E-state index is 12.8. The molecule has 3 fully saturated rings. The van der Waals surface area contributed by atoms with E-state index < -0.39 is 0 Å². The molecule has 5 atom stereocenters. The maximum absolute atomic E-state index is 12.8. The topological polar surface area (TPSA) is 67.8 Å². The van der Waals surface area contributed by atoms with Crippen LogP contribution in [0.25, 0.3) is 0 Å². The van der Waals surface area contributed by atoms with Gasteiger partial charge >= 0.3 is 0 Å². The Bertz CT molecular complexity index is 661. The molecule has 4 rings (SSSR count). The lowest BCUT2D eigenvalue weighted by Crippen LogP contribution is -2.38. The van der Waals surface area contributed by atoms with E-state index in [2.05, 4.69) is 5.32 Å². The summed E-state index contributed by atoms with van der Waals surface area (Å²) in [6, 6.07) is 6.00. The molecule has 2 N–H and O–H groups in total. The highest BCUT2D eigenvalue weighted by atomic mass is 16.5. The van der Waals surface area contributed by atoms with Crippen molar-refractivity contribution in [2.24, 2.45) is 23.7 Å². The van der Waals surface area contributed by atoms with Gasteiger partial charge in [-0.05, 0) is 67.1 Å². The fourth-order valence-electron chi connectivity index (χ4n) is 4.76. The summed E-state index contributed by atoms with van der Waals surface area (Å²) in [4.78, 5) is 12.8. The number of aliphatic hydroxyl groups is 1. The van der Waals surface area contributed by atoms with Crippen LogP contribution in [0.5, 0.6) is 5.75 Å². The monoisotopic (exact) mass is 359 g/mol. The van der Waals surface area contributed by atoms with Crippen LogP contribution in [0.2, 0.25) is 0 Å². The van der Waals surface area contributed by atoms with Crippen molar-refractivity contribution in [3.63, 3.8) is 0 Å². The molecule has 1 aromatic rings. The molecule has 1 amide bonds. The van der Waals surface area contributed by atoms with E-state index >= 15 is 0 Å². The van der Waals surface area contributed by atoms with E-state index in [1.165, 1.54) is 19.3 Å². The van der Waals surface area contributed by atoms with Crippen LogP contribution in [0, 0.1) is 23.7 Å². The van der Waals surface area contributed by atoms with E-state index in [0.29, 0.717) is 48.3 Å². The molecule has 0 radical (unpaired) electrons. The molecule has 2 bridgehead atoms. The van der Waals surface area contributed by atoms with Gasteiger partial charge in [0.15, 0.2) is 0 Å². The molecular weight excluding hydrogens is 330 g/mol. The van der Waals surface area contributed by atoms with E-state index in [1.807, 2.05) is 18.2 Å². The molecule has 0 heterocycles. The number of rotatable bonds is 8.